The number of alkyl halides is 1. The van der Waals surface area contributed by atoms with E-state index < -0.39 is 6.09 Å². The van der Waals surface area contributed by atoms with E-state index in [0.29, 0.717) is 25.0 Å². The van der Waals surface area contributed by atoms with Crippen molar-refractivity contribution < 1.29 is 19.5 Å². The van der Waals surface area contributed by atoms with Crippen molar-refractivity contribution in [1.29, 1.82) is 0 Å². The van der Waals surface area contributed by atoms with Crippen molar-refractivity contribution in [3.8, 4) is 0 Å². The van der Waals surface area contributed by atoms with Crippen LogP contribution in [0.1, 0.15) is 51.4 Å². The number of piperazine rings is 1. The largest absolute Gasteiger partial charge is 0.465 e. The van der Waals surface area contributed by atoms with Crippen molar-refractivity contribution in [1.82, 2.24) is 15.1 Å². The number of hydrogen-bond acceptors (Lipinski definition) is 3. The van der Waals surface area contributed by atoms with Gasteiger partial charge in [-0.05, 0) is 74.5 Å². The van der Waals surface area contributed by atoms with Crippen LogP contribution in [0.3, 0.4) is 0 Å². The van der Waals surface area contributed by atoms with E-state index in [-0.39, 0.29) is 29.7 Å². The molecule has 5 aliphatic rings. The highest BCUT2D eigenvalue weighted by Crippen LogP contribution is 2.61. The average Bonchev–Trinajstić information content (AvgIpc) is 2.69. The molecule has 162 valence electrons. The van der Waals surface area contributed by atoms with Crippen LogP contribution in [0.2, 0.25) is 0 Å². The molecule has 2 N–H and O–H groups in total. The average molecular weight is 470 g/mol. The molecule has 8 heteroatoms. The normalized spacial score (nSPS) is 35.6. The van der Waals surface area contributed by atoms with Crippen LogP contribution < -0.4 is 5.32 Å². The van der Waals surface area contributed by atoms with Gasteiger partial charge in [0.15, 0.2) is 0 Å². The number of carbonyl (C=O) groups is 3. The fraction of sp³-hybridized carbons (Fsp3) is 0.857. The topological polar surface area (TPSA) is 90.0 Å². The summed E-state index contributed by atoms with van der Waals surface area (Å²) in [7, 11) is 0. The van der Waals surface area contributed by atoms with Crippen LogP contribution in [0, 0.1) is 23.2 Å². The van der Waals surface area contributed by atoms with E-state index in [1.54, 1.807) is 4.90 Å². The number of carbonyl (C=O) groups excluding carboxylic acids is 2. The second kappa shape index (κ2) is 8.44. The second-order valence-corrected chi connectivity index (χ2v) is 10.4. The first-order chi connectivity index (χ1) is 13.9. The van der Waals surface area contributed by atoms with Crippen LogP contribution >= 0.6 is 15.9 Å². The molecule has 4 bridgehead atoms. The number of amides is 3. The Kier molecular flexibility index (Phi) is 6.09. The molecule has 0 aromatic heterocycles. The van der Waals surface area contributed by atoms with Crippen molar-refractivity contribution in [2.45, 2.75) is 57.4 Å². The molecule has 0 radical (unpaired) electrons. The summed E-state index contributed by atoms with van der Waals surface area (Å²) in [6.07, 6.45) is 9.20. The van der Waals surface area contributed by atoms with Crippen LogP contribution in [0.25, 0.3) is 0 Å². The lowest BCUT2D eigenvalue weighted by molar-refractivity contribution is -0.135. The Balaban J connectivity index is 1.36. The molecule has 4 aliphatic carbocycles. The second-order valence-electron chi connectivity index (χ2n) is 9.84. The minimum absolute atomic E-state index is 0.0286. The first kappa shape index (κ1) is 20.9. The summed E-state index contributed by atoms with van der Waals surface area (Å²) in [6, 6.07) is -0.148. The minimum atomic E-state index is -0.889. The summed E-state index contributed by atoms with van der Waals surface area (Å²) >= 11 is 3.07. The predicted octanol–water partition coefficient (Wildman–Crippen LogP) is 2.68. The zero-order valence-electron chi connectivity index (χ0n) is 16.9. The van der Waals surface area contributed by atoms with E-state index in [1.165, 1.54) is 43.4 Å². The quantitative estimate of drug-likeness (QED) is 0.585. The smallest absolute Gasteiger partial charge is 0.407 e. The Morgan fingerprint density at radius 1 is 1.03 bits per heavy atom. The van der Waals surface area contributed by atoms with Gasteiger partial charge in [-0.25, -0.2) is 4.79 Å². The fourth-order valence-corrected chi connectivity index (χ4v) is 7.18. The molecule has 1 aliphatic heterocycles. The van der Waals surface area contributed by atoms with Gasteiger partial charge in [-0.3, -0.25) is 9.59 Å². The van der Waals surface area contributed by atoms with Crippen molar-refractivity contribution in [2.75, 3.05) is 31.5 Å². The number of nitrogens with one attached hydrogen (secondary N) is 1. The molecule has 5 rings (SSSR count). The molecule has 5 fully saturated rings. The number of halogens is 1. The lowest BCUT2D eigenvalue weighted by atomic mass is 9.48. The van der Waals surface area contributed by atoms with Gasteiger partial charge < -0.3 is 20.2 Å². The molecule has 7 nitrogen and oxygen atoms in total. The highest BCUT2D eigenvalue weighted by atomic mass is 79.9. The predicted molar refractivity (Wildman–Crippen MR) is 112 cm³/mol. The van der Waals surface area contributed by atoms with E-state index in [1.807, 2.05) is 0 Å². The molecule has 4 saturated carbocycles. The fourth-order valence-electron chi connectivity index (χ4n) is 6.98. The van der Waals surface area contributed by atoms with Crippen LogP contribution in [0.5, 0.6) is 0 Å². The van der Waals surface area contributed by atoms with E-state index in [0.717, 1.165) is 30.6 Å². The molecule has 0 spiro atoms. The van der Waals surface area contributed by atoms with Gasteiger partial charge in [0.2, 0.25) is 11.8 Å². The van der Waals surface area contributed by atoms with Crippen molar-refractivity contribution in [3.63, 3.8) is 0 Å². The molecular formula is C21H32BrN3O4. The summed E-state index contributed by atoms with van der Waals surface area (Å²) in [6.45, 7) is 1.14. The molecule has 1 atom stereocenters. The van der Waals surface area contributed by atoms with E-state index >= 15 is 0 Å². The van der Waals surface area contributed by atoms with Gasteiger partial charge in [0, 0.05) is 19.6 Å². The van der Waals surface area contributed by atoms with E-state index in [9.17, 15) is 19.5 Å². The lowest BCUT2D eigenvalue weighted by Crippen LogP contribution is -2.58. The molecular weight excluding hydrogens is 438 g/mol. The zero-order valence-corrected chi connectivity index (χ0v) is 18.5. The van der Waals surface area contributed by atoms with Crippen LogP contribution in [-0.4, -0.2) is 70.4 Å². The number of rotatable bonds is 6. The highest BCUT2D eigenvalue weighted by molar-refractivity contribution is 9.09. The van der Waals surface area contributed by atoms with Gasteiger partial charge in [-0.1, -0.05) is 15.9 Å². The zero-order chi connectivity index (χ0) is 20.6. The van der Waals surface area contributed by atoms with Crippen molar-refractivity contribution in [3.05, 3.63) is 0 Å². The summed E-state index contributed by atoms with van der Waals surface area (Å²) in [5.41, 5.74) is 0.412. The first-order valence-electron chi connectivity index (χ1n) is 11.0. The molecule has 0 aromatic carbocycles. The van der Waals surface area contributed by atoms with E-state index in [4.69, 9.17) is 0 Å². The Labute approximate surface area is 180 Å². The molecule has 3 amide bonds. The standard InChI is InChI=1S/C21H32BrN3O4/c22-11-18(26)23-12-19(27)24-3-4-25(20(28)29)17(13-24)1-2-21-8-14-5-15(9-21)7-16(6-14)10-21/h14-17H,1-13H2,(H,23,26)(H,28,29). The van der Waals surface area contributed by atoms with Gasteiger partial charge in [0.25, 0.3) is 0 Å². The maximum Gasteiger partial charge on any atom is 0.407 e. The summed E-state index contributed by atoms with van der Waals surface area (Å²) in [5.74, 6) is 2.31. The molecule has 1 unspecified atom stereocenters. The van der Waals surface area contributed by atoms with Crippen molar-refractivity contribution >= 4 is 33.8 Å². The summed E-state index contributed by atoms with van der Waals surface area (Å²) < 4.78 is 0. The molecule has 0 aromatic rings. The number of nitrogens with zero attached hydrogens (tertiary/aromatic N) is 2. The number of hydrogen-bond donors (Lipinski definition) is 2. The molecule has 29 heavy (non-hydrogen) atoms. The Morgan fingerprint density at radius 3 is 2.21 bits per heavy atom. The maximum absolute atomic E-state index is 12.5. The van der Waals surface area contributed by atoms with Gasteiger partial charge in [0.1, 0.15) is 0 Å². The third-order valence-corrected chi connectivity index (χ3v) is 8.32. The van der Waals surface area contributed by atoms with E-state index in [2.05, 4.69) is 21.2 Å². The monoisotopic (exact) mass is 469 g/mol. The SMILES string of the molecule is O=C(CBr)NCC(=O)N1CCN(C(=O)O)C(CCC23CC4CC(CC(C4)C2)C3)C1. The molecule has 1 heterocycles. The van der Waals surface area contributed by atoms with Gasteiger partial charge in [0.05, 0.1) is 17.9 Å². The van der Waals surface area contributed by atoms with Crippen LogP contribution in [0.4, 0.5) is 4.79 Å². The van der Waals surface area contributed by atoms with Gasteiger partial charge in [-0.2, -0.15) is 0 Å². The maximum atomic E-state index is 12.5. The summed E-state index contributed by atoms with van der Waals surface area (Å²) in [5, 5.41) is 12.4. The third-order valence-electron chi connectivity index (χ3n) is 7.81. The minimum Gasteiger partial charge on any atom is -0.465 e. The lowest BCUT2D eigenvalue weighted by Gasteiger charge is -2.57. The highest BCUT2D eigenvalue weighted by Gasteiger charge is 2.50. The van der Waals surface area contributed by atoms with Gasteiger partial charge in [-0.15, -0.1) is 0 Å². The Hall–Kier alpha value is -1.31. The van der Waals surface area contributed by atoms with Gasteiger partial charge >= 0.3 is 6.09 Å². The Bertz CT molecular complexity index is 635. The van der Waals surface area contributed by atoms with Crippen LogP contribution in [0.15, 0.2) is 0 Å². The Morgan fingerprint density at radius 2 is 1.66 bits per heavy atom. The third kappa shape index (κ3) is 4.57. The first-order valence-corrected chi connectivity index (χ1v) is 12.1. The number of carboxylic acid groups (broad SMARTS) is 1. The van der Waals surface area contributed by atoms with Crippen LogP contribution in [-0.2, 0) is 9.59 Å². The summed E-state index contributed by atoms with van der Waals surface area (Å²) in [4.78, 5) is 38.9. The molecule has 1 saturated heterocycles. The van der Waals surface area contributed by atoms with Crippen molar-refractivity contribution in [2.24, 2.45) is 23.2 Å².